The summed E-state index contributed by atoms with van der Waals surface area (Å²) < 4.78 is 5.19. The van der Waals surface area contributed by atoms with Gasteiger partial charge in [-0.15, -0.1) is 12.3 Å². The van der Waals surface area contributed by atoms with Crippen LogP contribution in [0.5, 0.6) is 0 Å². The van der Waals surface area contributed by atoms with Crippen molar-refractivity contribution < 1.29 is 4.74 Å². The van der Waals surface area contributed by atoms with Crippen LogP contribution in [0.15, 0.2) is 17.3 Å². The van der Waals surface area contributed by atoms with Gasteiger partial charge >= 0.3 is 0 Å². The molecule has 0 aromatic carbocycles. The lowest BCUT2D eigenvalue weighted by atomic mass is 10.2. The Morgan fingerprint density at radius 2 is 2.55 bits per heavy atom. The SMILES string of the molecule is C#CCCCC1=NCC(=C)O1. The van der Waals surface area contributed by atoms with Crippen LogP contribution < -0.4 is 0 Å². The smallest absolute Gasteiger partial charge is 0.190 e. The zero-order valence-electron chi connectivity index (χ0n) is 6.47. The first-order valence-corrected chi connectivity index (χ1v) is 3.65. The predicted octanol–water partition coefficient (Wildman–Crippen LogP) is 1.73. The molecule has 0 atom stereocenters. The molecule has 0 fully saturated rings. The van der Waals surface area contributed by atoms with Crippen molar-refractivity contribution in [3.8, 4) is 12.3 Å². The van der Waals surface area contributed by atoms with E-state index in [1.165, 1.54) is 0 Å². The highest BCUT2D eigenvalue weighted by atomic mass is 16.5. The summed E-state index contributed by atoms with van der Waals surface area (Å²) in [4.78, 5) is 4.11. The molecule has 0 N–H and O–H groups in total. The van der Waals surface area contributed by atoms with E-state index in [9.17, 15) is 0 Å². The normalized spacial score (nSPS) is 15.5. The van der Waals surface area contributed by atoms with Crippen molar-refractivity contribution in [3.05, 3.63) is 12.3 Å². The van der Waals surface area contributed by atoms with Crippen LogP contribution in [0.3, 0.4) is 0 Å². The summed E-state index contributed by atoms with van der Waals surface area (Å²) in [7, 11) is 0. The number of rotatable bonds is 3. The van der Waals surface area contributed by atoms with Gasteiger partial charge in [0, 0.05) is 12.8 Å². The highest BCUT2D eigenvalue weighted by Gasteiger charge is 2.09. The van der Waals surface area contributed by atoms with E-state index in [1.54, 1.807) is 0 Å². The largest absolute Gasteiger partial charge is 0.446 e. The quantitative estimate of drug-likeness (QED) is 0.442. The molecule has 0 aromatic rings. The molecule has 58 valence electrons. The third-order valence-corrected chi connectivity index (χ3v) is 1.41. The van der Waals surface area contributed by atoms with Crippen LogP contribution in [0.4, 0.5) is 0 Å². The molecule has 0 spiro atoms. The summed E-state index contributed by atoms with van der Waals surface area (Å²) in [6.07, 6.45) is 7.66. The van der Waals surface area contributed by atoms with E-state index >= 15 is 0 Å². The molecular weight excluding hydrogens is 138 g/mol. The van der Waals surface area contributed by atoms with Gasteiger partial charge in [0.15, 0.2) is 5.90 Å². The van der Waals surface area contributed by atoms with Gasteiger partial charge in [-0.05, 0) is 6.42 Å². The van der Waals surface area contributed by atoms with Crippen molar-refractivity contribution in [2.75, 3.05) is 6.54 Å². The maximum absolute atomic E-state index is 5.19. The Balaban J connectivity index is 2.19. The molecule has 1 aliphatic rings. The van der Waals surface area contributed by atoms with Crippen molar-refractivity contribution in [2.24, 2.45) is 4.99 Å². The third kappa shape index (κ3) is 2.46. The fourth-order valence-corrected chi connectivity index (χ4v) is 0.879. The molecule has 11 heavy (non-hydrogen) atoms. The molecule has 0 aromatic heterocycles. The number of unbranched alkanes of at least 4 members (excludes halogenated alkanes) is 1. The van der Waals surface area contributed by atoms with Gasteiger partial charge < -0.3 is 4.74 Å². The Kier molecular flexibility index (Phi) is 2.74. The molecule has 1 aliphatic heterocycles. The summed E-state index contributed by atoms with van der Waals surface area (Å²) in [5, 5.41) is 0. The first-order valence-electron chi connectivity index (χ1n) is 3.65. The van der Waals surface area contributed by atoms with Gasteiger partial charge in [-0.1, -0.05) is 6.58 Å². The van der Waals surface area contributed by atoms with Crippen molar-refractivity contribution in [3.63, 3.8) is 0 Å². The van der Waals surface area contributed by atoms with Gasteiger partial charge in [0.05, 0.1) is 6.54 Å². The fraction of sp³-hybridized carbons (Fsp3) is 0.444. The van der Waals surface area contributed by atoms with E-state index in [1.807, 2.05) is 0 Å². The second-order valence-corrected chi connectivity index (χ2v) is 2.41. The molecule has 2 nitrogen and oxygen atoms in total. The van der Waals surface area contributed by atoms with Crippen LogP contribution >= 0.6 is 0 Å². The van der Waals surface area contributed by atoms with Crippen LogP contribution in [0.1, 0.15) is 19.3 Å². The first-order chi connectivity index (χ1) is 5.33. The zero-order valence-corrected chi connectivity index (χ0v) is 6.47. The van der Waals surface area contributed by atoms with Gasteiger partial charge in [-0.2, -0.15) is 0 Å². The van der Waals surface area contributed by atoms with E-state index in [-0.39, 0.29) is 0 Å². The maximum Gasteiger partial charge on any atom is 0.190 e. The van der Waals surface area contributed by atoms with Gasteiger partial charge in [0.2, 0.25) is 0 Å². The Labute approximate surface area is 67.0 Å². The third-order valence-electron chi connectivity index (χ3n) is 1.41. The lowest BCUT2D eigenvalue weighted by molar-refractivity contribution is 0.427. The first kappa shape index (κ1) is 7.87. The number of aliphatic imine (C=N–C) groups is 1. The number of hydrogen-bond donors (Lipinski definition) is 0. The zero-order chi connectivity index (χ0) is 8.10. The second kappa shape index (κ2) is 3.82. The van der Waals surface area contributed by atoms with Gasteiger partial charge in [0.1, 0.15) is 5.76 Å². The van der Waals surface area contributed by atoms with E-state index < -0.39 is 0 Å². The molecule has 0 unspecified atom stereocenters. The molecular formula is C9H11NO. The Hall–Kier alpha value is -1.23. The summed E-state index contributed by atoms with van der Waals surface area (Å²) in [5.41, 5.74) is 0. The average molecular weight is 149 g/mol. The monoisotopic (exact) mass is 149 g/mol. The molecule has 0 bridgehead atoms. The summed E-state index contributed by atoms with van der Waals surface area (Å²) >= 11 is 0. The molecule has 2 heteroatoms. The van der Waals surface area contributed by atoms with Gasteiger partial charge in [-0.25, -0.2) is 4.99 Å². The fourth-order valence-electron chi connectivity index (χ4n) is 0.879. The van der Waals surface area contributed by atoms with Crippen LogP contribution in [0.2, 0.25) is 0 Å². The summed E-state index contributed by atoms with van der Waals surface area (Å²) in [5.74, 6) is 4.09. The molecule has 0 saturated heterocycles. The van der Waals surface area contributed by atoms with E-state index in [4.69, 9.17) is 11.2 Å². The highest BCUT2D eigenvalue weighted by molar-refractivity contribution is 5.78. The van der Waals surface area contributed by atoms with Crippen LogP contribution in [0.25, 0.3) is 0 Å². The molecule has 0 aliphatic carbocycles. The summed E-state index contributed by atoms with van der Waals surface area (Å²) in [6.45, 7) is 4.27. The maximum atomic E-state index is 5.19. The van der Waals surface area contributed by atoms with Crippen LogP contribution in [-0.4, -0.2) is 12.4 Å². The number of nitrogens with zero attached hydrogens (tertiary/aromatic N) is 1. The van der Waals surface area contributed by atoms with E-state index in [0.717, 1.165) is 30.9 Å². The predicted molar refractivity (Wildman–Crippen MR) is 45.2 cm³/mol. The van der Waals surface area contributed by atoms with Crippen LogP contribution in [0, 0.1) is 12.3 Å². The molecule has 0 amide bonds. The minimum Gasteiger partial charge on any atom is -0.446 e. The molecule has 1 heterocycles. The summed E-state index contributed by atoms with van der Waals surface area (Å²) in [6, 6.07) is 0. The van der Waals surface area contributed by atoms with E-state index in [0.29, 0.717) is 6.54 Å². The van der Waals surface area contributed by atoms with Crippen LogP contribution in [-0.2, 0) is 4.74 Å². The highest BCUT2D eigenvalue weighted by Crippen LogP contribution is 2.10. The molecule has 0 radical (unpaired) electrons. The minimum atomic E-state index is 0.616. The van der Waals surface area contributed by atoms with Crippen molar-refractivity contribution in [1.29, 1.82) is 0 Å². The lowest BCUT2D eigenvalue weighted by Crippen LogP contribution is -1.96. The molecule has 1 rings (SSSR count). The molecule has 0 saturated carbocycles. The van der Waals surface area contributed by atoms with Crippen molar-refractivity contribution in [1.82, 2.24) is 0 Å². The number of hydrogen-bond acceptors (Lipinski definition) is 2. The minimum absolute atomic E-state index is 0.616. The average Bonchev–Trinajstić information content (AvgIpc) is 2.37. The standard InChI is InChI=1S/C9H11NO/c1-3-4-5-6-9-10-7-8(2)11-9/h1H,2,4-7H2. The van der Waals surface area contributed by atoms with Crippen molar-refractivity contribution in [2.45, 2.75) is 19.3 Å². The topological polar surface area (TPSA) is 21.6 Å². The Morgan fingerprint density at radius 3 is 3.09 bits per heavy atom. The Morgan fingerprint density at radius 1 is 1.73 bits per heavy atom. The van der Waals surface area contributed by atoms with Gasteiger partial charge in [0.25, 0.3) is 0 Å². The van der Waals surface area contributed by atoms with Crippen molar-refractivity contribution >= 4 is 5.90 Å². The lowest BCUT2D eigenvalue weighted by Gasteiger charge is -1.98. The van der Waals surface area contributed by atoms with Gasteiger partial charge in [-0.3, -0.25) is 0 Å². The number of ether oxygens (including phenoxy) is 1. The number of terminal acetylenes is 1. The second-order valence-electron chi connectivity index (χ2n) is 2.41. The van der Waals surface area contributed by atoms with E-state index in [2.05, 4.69) is 17.5 Å². The Bertz CT molecular complexity index is 222.